The predicted molar refractivity (Wildman–Crippen MR) is 82.7 cm³/mol. The monoisotopic (exact) mass is 288 g/mol. The minimum Gasteiger partial charge on any atom is -0.477 e. The van der Waals surface area contributed by atoms with Gasteiger partial charge >= 0.3 is 5.97 Å². The number of aromatic carboxylic acids is 1. The van der Waals surface area contributed by atoms with Gasteiger partial charge in [0, 0.05) is 23.7 Å². The molecule has 0 aliphatic rings. The molecule has 1 aromatic heterocycles. The Morgan fingerprint density at radius 2 is 2.05 bits per heavy atom. The molecule has 1 aromatic carbocycles. The second kappa shape index (κ2) is 6.54. The van der Waals surface area contributed by atoms with Crippen LogP contribution in [0.25, 0.3) is 10.9 Å². The molecular formula is C16H20N2O3. The average molecular weight is 288 g/mol. The summed E-state index contributed by atoms with van der Waals surface area (Å²) in [6.07, 6.45) is 0.608. The van der Waals surface area contributed by atoms with Gasteiger partial charge in [-0.15, -0.1) is 0 Å². The highest BCUT2D eigenvalue weighted by molar-refractivity contribution is 5.97. The number of benzene rings is 1. The highest BCUT2D eigenvalue weighted by Crippen LogP contribution is 2.25. The summed E-state index contributed by atoms with van der Waals surface area (Å²) < 4.78 is 0. The van der Waals surface area contributed by atoms with E-state index >= 15 is 0 Å². The number of nitrogens with zero attached hydrogens (tertiary/aromatic N) is 1. The molecule has 0 aliphatic carbocycles. The lowest BCUT2D eigenvalue weighted by molar-refractivity contribution is 0.0691. The van der Waals surface area contributed by atoms with Crippen LogP contribution >= 0.6 is 0 Å². The SMILES string of the molecule is CC(C)C(CCO)Nc1cc(C(=O)O)nc2ccccc12. The van der Waals surface area contributed by atoms with Crippen LogP contribution in [0.3, 0.4) is 0 Å². The third kappa shape index (κ3) is 3.49. The van der Waals surface area contributed by atoms with Gasteiger partial charge in [0.15, 0.2) is 5.69 Å². The Morgan fingerprint density at radius 1 is 1.33 bits per heavy atom. The van der Waals surface area contributed by atoms with Crippen LogP contribution in [0.5, 0.6) is 0 Å². The Labute approximate surface area is 123 Å². The van der Waals surface area contributed by atoms with E-state index < -0.39 is 5.97 Å². The topological polar surface area (TPSA) is 82.5 Å². The third-order valence-corrected chi connectivity index (χ3v) is 3.52. The number of aliphatic hydroxyl groups is 1. The van der Waals surface area contributed by atoms with E-state index in [-0.39, 0.29) is 18.3 Å². The van der Waals surface area contributed by atoms with Crippen molar-refractivity contribution in [2.75, 3.05) is 11.9 Å². The molecule has 112 valence electrons. The Bertz CT molecular complexity index is 640. The number of aromatic nitrogens is 1. The van der Waals surface area contributed by atoms with E-state index in [1.165, 1.54) is 0 Å². The van der Waals surface area contributed by atoms with Crippen LogP contribution < -0.4 is 5.32 Å². The molecule has 0 amide bonds. The van der Waals surface area contributed by atoms with Crippen LogP contribution in [0.1, 0.15) is 30.8 Å². The number of anilines is 1. The molecule has 0 fully saturated rings. The fourth-order valence-corrected chi connectivity index (χ4v) is 2.32. The molecule has 0 aliphatic heterocycles. The van der Waals surface area contributed by atoms with Crippen LogP contribution in [-0.4, -0.2) is 33.8 Å². The minimum absolute atomic E-state index is 0.0164. The number of carbonyl (C=O) groups is 1. The second-order valence-electron chi connectivity index (χ2n) is 5.38. The van der Waals surface area contributed by atoms with Crippen molar-refractivity contribution in [2.24, 2.45) is 5.92 Å². The van der Waals surface area contributed by atoms with Gasteiger partial charge in [0.2, 0.25) is 0 Å². The zero-order valence-corrected chi connectivity index (χ0v) is 12.2. The van der Waals surface area contributed by atoms with Crippen LogP contribution in [0.2, 0.25) is 0 Å². The van der Waals surface area contributed by atoms with Crippen molar-refractivity contribution in [1.82, 2.24) is 4.98 Å². The van der Waals surface area contributed by atoms with E-state index in [9.17, 15) is 15.0 Å². The summed E-state index contributed by atoms with van der Waals surface area (Å²) in [6.45, 7) is 4.22. The fourth-order valence-electron chi connectivity index (χ4n) is 2.32. The summed E-state index contributed by atoms with van der Waals surface area (Å²) in [5, 5.41) is 22.6. The number of carboxylic acids is 1. The summed E-state index contributed by atoms with van der Waals surface area (Å²) in [6, 6.07) is 9.06. The first kappa shape index (κ1) is 15.3. The van der Waals surface area contributed by atoms with E-state index in [2.05, 4.69) is 24.1 Å². The Balaban J connectivity index is 2.47. The van der Waals surface area contributed by atoms with E-state index in [0.717, 1.165) is 11.1 Å². The molecular weight excluding hydrogens is 268 g/mol. The Hall–Kier alpha value is -2.14. The van der Waals surface area contributed by atoms with Crippen molar-refractivity contribution >= 4 is 22.6 Å². The van der Waals surface area contributed by atoms with E-state index in [1.54, 1.807) is 12.1 Å². The quantitative estimate of drug-likeness (QED) is 0.761. The molecule has 2 aromatic rings. The first-order valence-corrected chi connectivity index (χ1v) is 7.03. The number of aliphatic hydroxyl groups excluding tert-OH is 1. The van der Waals surface area contributed by atoms with Crippen LogP contribution in [-0.2, 0) is 0 Å². The normalized spacial score (nSPS) is 12.6. The van der Waals surface area contributed by atoms with Gasteiger partial charge in [0.25, 0.3) is 0 Å². The van der Waals surface area contributed by atoms with Crippen molar-refractivity contribution in [2.45, 2.75) is 26.3 Å². The summed E-state index contributed by atoms with van der Waals surface area (Å²) in [5.41, 5.74) is 1.40. The van der Waals surface area contributed by atoms with Crippen LogP contribution in [0.4, 0.5) is 5.69 Å². The number of hydrogen-bond acceptors (Lipinski definition) is 4. The van der Waals surface area contributed by atoms with Crippen LogP contribution in [0, 0.1) is 5.92 Å². The summed E-state index contributed by atoms with van der Waals surface area (Å²) in [4.78, 5) is 15.4. The molecule has 2 rings (SSSR count). The summed E-state index contributed by atoms with van der Waals surface area (Å²) in [7, 11) is 0. The van der Waals surface area contributed by atoms with Crippen molar-refractivity contribution in [1.29, 1.82) is 0 Å². The van der Waals surface area contributed by atoms with Gasteiger partial charge in [0.1, 0.15) is 0 Å². The lowest BCUT2D eigenvalue weighted by Gasteiger charge is -2.23. The number of rotatable bonds is 6. The second-order valence-corrected chi connectivity index (χ2v) is 5.38. The van der Waals surface area contributed by atoms with Crippen molar-refractivity contribution in [3.8, 4) is 0 Å². The number of hydrogen-bond donors (Lipinski definition) is 3. The zero-order chi connectivity index (χ0) is 15.4. The molecule has 0 bridgehead atoms. The van der Waals surface area contributed by atoms with Gasteiger partial charge in [0.05, 0.1) is 5.52 Å². The molecule has 3 N–H and O–H groups in total. The van der Waals surface area contributed by atoms with Crippen molar-refractivity contribution < 1.29 is 15.0 Å². The lowest BCUT2D eigenvalue weighted by Crippen LogP contribution is -2.27. The largest absolute Gasteiger partial charge is 0.477 e. The molecule has 0 spiro atoms. The number of fused-ring (bicyclic) bond motifs is 1. The maximum Gasteiger partial charge on any atom is 0.354 e. The molecule has 5 heteroatoms. The minimum atomic E-state index is -1.05. The standard InChI is InChI=1S/C16H20N2O3/c1-10(2)12(7-8-19)17-14-9-15(16(20)21)18-13-6-4-3-5-11(13)14/h3-6,9-10,12,19H,7-8H2,1-2H3,(H,17,18)(H,20,21). The molecule has 1 heterocycles. The molecule has 0 radical (unpaired) electrons. The molecule has 21 heavy (non-hydrogen) atoms. The first-order valence-electron chi connectivity index (χ1n) is 7.03. The molecule has 1 unspecified atom stereocenters. The molecule has 1 atom stereocenters. The van der Waals surface area contributed by atoms with Gasteiger partial charge in [-0.05, 0) is 24.5 Å². The highest BCUT2D eigenvalue weighted by atomic mass is 16.4. The van der Waals surface area contributed by atoms with Crippen molar-refractivity contribution in [3.63, 3.8) is 0 Å². The number of para-hydroxylation sites is 1. The fraction of sp³-hybridized carbons (Fsp3) is 0.375. The maximum absolute atomic E-state index is 11.2. The van der Waals surface area contributed by atoms with E-state index in [4.69, 9.17) is 0 Å². The lowest BCUT2D eigenvalue weighted by atomic mass is 10.0. The zero-order valence-electron chi connectivity index (χ0n) is 12.2. The molecule has 0 saturated heterocycles. The number of carboxylic acid groups (broad SMARTS) is 1. The predicted octanol–water partition coefficient (Wildman–Crippen LogP) is 2.75. The molecule has 5 nitrogen and oxygen atoms in total. The summed E-state index contributed by atoms with van der Waals surface area (Å²) >= 11 is 0. The van der Waals surface area contributed by atoms with Crippen LogP contribution in [0.15, 0.2) is 30.3 Å². The van der Waals surface area contributed by atoms with Crippen molar-refractivity contribution in [3.05, 3.63) is 36.0 Å². The number of pyridine rings is 1. The van der Waals surface area contributed by atoms with Gasteiger partial charge in [-0.1, -0.05) is 32.0 Å². The average Bonchev–Trinajstić information content (AvgIpc) is 2.46. The first-order chi connectivity index (χ1) is 10.0. The smallest absolute Gasteiger partial charge is 0.354 e. The Kier molecular flexibility index (Phi) is 4.75. The van der Waals surface area contributed by atoms with Gasteiger partial charge in [-0.3, -0.25) is 0 Å². The van der Waals surface area contributed by atoms with Gasteiger partial charge in [-0.25, -0.2) is 9.78 Å². The van der Waals surface area contributed by atoms with E-state index in [0.29, 0.717) is 17.9 Å². The van der Waals surface area contributed by atoms with Gasteiger partial charge in [-0.2, -0.15) is 0 Å². The summed E-state index contributed by atoms with van der Waals surface area (Å²) in [5.74, 6) is -0.732. The Morgan fingerprint density at radius 3 is 2.67 bits per heavy atom. The third-order valence-electron chi connectivity index (χ3n) is 3.52. The van der Waals surface area contributed by atoms with Gasteiger partial charge < -0.3 is 15.5 Å². The maximum atomic E-state index is 11.2. The number of nitrogens with one attached hydrogen (secondary N) is 1. The highest BCUT2D eigenvalue weighted by Gasteiger charge is 2.16. The molecule has 0 saturated carbocycles. The van der Waals surface area contributed by atoms with E-state index in [1.807, 2.05) is 18.2 Å².